The molecule has 0 radical (unpaired) electrons. The Balaban J connectivity index is 1.41. The summed E-state index contributed by atoms with van der Waals surface area (Å²) in [4.78, 5) is 38.4. The number of hydrogen-bond acceptors (Lipinski definition) is 4. The van der Waals surface area contributed by atoms with Gasteiger partial charge in [0.15, 0.2) is 0 Å². The number of nitrogens with one attached hydrogen (secondary N) is 1. The molecule has 1 fully saturated rings. The van der Waals surface area contributed by atoms with Crippen LogP contribution in [0.2, 0.25) is 0 Å². The van der Waals surface area contributed by atoms with Crippen molar-refractivity contribution in [2.45, 2.75) is 45.6 Å². The molecule has 1 heterocycles. The molecule has 4 rings (SSSR count). The van der Waals surface area contributed by atoms with E-state index in [1.807, 2.05) is 24.3 Å². The number of ether oxygens (including phenoxy) is 1. The molecule has 1 unspecified atom stereocenters. The minimum atomic E-state index is -0.903. The average Bonchev–Trinajstić information content (AvgIpc) is 3.07. The highest BCUT2D eigenvalue weighted by molar-refractivity contribution is 5.88. The lowest BCUT2D eigenvalue weighted by Crippen LogP contribution is -2.58. The fraction of sp³-hybridized carbons (Fsp3) is 0.444. The van der Waals surface area contributed by atoms with E-state index in [-0.39, 0.29) is 36.9 Å². The summed E-state index contributed by atoms with van der Waals surface area (Å²) >= 11 is 0. The highest BCUT2D eigenvalue weighted by atomic mass is 16.5. The quantitative estimate of drug-likeness (QED) is 0.638. The van der Waals surface area contributed by atoms with Gasteiger partial charge in [-0.25, -0.2) is 4.79 Å². The van der Waals surface area contributed by atoms with E-state index in [1.165, 1.54) is 4.90 Å². The number of amides is 2. The fourth-order valence-electron chi connectivity index (χ4n) is 4.65. The van der Waals surface area contributed by atoms with Crippen LogP contribution in [0.1, 0.15) is 50.7 Å². The molecule has 1 aliphatic heterocycles. The number of alkyl carbamates (subject to hydrolysis) is 1. The van der Waals surface area contributed by atoms with Crippen LogP contribution in [0.3, 0.4) is 0 Å². The van der Waals surface area contributed by atoms with Gasteiger partial charge in [-0.2, -0.15) is 0 Å². The zero-order valence-electron chi connectivity index (χ0n) is 19.9. The van der Waals surface area contributed by atoms with E-state index < -0.39 is 24.0 Å². The van der Waals surface area contributed by atoms with Gasteiger partial charge in [0.25, 0.3) is 0 Å². The predicted octanol–water partition coefficient (Wildman–Crippen LogP) is 4.26. The molecule has 0 saturated carbocycles. The second-order valence-electron chi connectivity index (χ2n) is 10.4. The van der Waals surface area contributed by atoms with Crippen LogP contribution in [-0.4, -0.2) is 53.7 Å². The highest BCUT2D eigenvalue weighted by Crippen LogP contribution is 2.44. The first-order valence-electron chi connectivity index (χ1n) is 11.8. The van der Waals surface area contributed by atoms with Gasteiger partial charge in [-0.05, 0) is 40.5 Å². The van der Waals surface area contributed by atoms with E-state index in [4.69, 9.17) is 9.84 Å². The second-order valence-corrected chi connectivity index (χ2v) is 10.4. The zero-order chi connectivity index (χ0) is 24.5. The molecule has 2 aliphatic rings. The third kappa shape index (κ3) is 5.08. The summed E-state index contributed by atoms with van der Waals surface area (Å²) in [5.41, 5.74) is 4.53. The zero-order valence-corrected chi connectivity index (χ0v) is 19.9. The van der Waals surface area contributed by atoms with Gasteiger partial charge in [0.1, 0.15) is 12.6 Å². The number of benzene rings is 2. The Kier molecular flexibility index (Phi) is 6.64. The molecule has 180 valence electrons. The van der Waals surface area contributed by atoms with E-state index in [1.54, 1.807) is 0 Å². The Morgan fingerprint density at radius 3 is 2.12 bits per heavy atom. The van der Waals surface area contributed by atoms with E-state index in [2.05, 4.69) is 50.4 Å². The van der Waals surface area contributed by atoms with Crippen LogP contribution in [-0.2, 0) is 14.3 Å². The molecule has 0 spiro atoms. The monoisotopic (exact) mass is 464 g/mol. The summed E-state index contributed by atoms with van der Waals surface area (Å²) in [5.74, 6) is -1.76. The maximum Gasteiger partial charge on any atom is 0.407 e. The summed E-state index contributed by atoms with van der Waals surface area (Å²) < 4.78 is 5.63. The van der Waals surface area contributed by atoms with Gasteiger partial charge in [-0.1, -0.05) is 69.3 Å². The first kappa shape index (κ1) is 23.8. The van der Waals surface area contributed by atoms with Gasteiger partial charge in [-0.3, -0.25) is 9.59 Å². The van der Waals surface area contributed by atoms with Crippen LogP contribution < -0.4 is 5.32 Å². The fourth-order valence-corrected chi connectivity index (χ4v) is 4.65. The van der Waals surface area contributed by atoms with Crippen LogP contribution in [0.5, 0.6) is 0 Å². The van der Waals surface area contributed by atoms with Crippen LogP contribution in [0.4, 0.5) is 4.79 Å². The Hall–Kier alpha value is -3.35. The molecule has 7 nitrogen and oxygen atoms in total. The molecule has 7 heteroatoms. The standard InChI is InChI=1S/C27H32N2O5/c1-27(2,3)13-12-23(24(30)29-14-17(15-29)25(31)32)28-26(33)34-16-22-20-10-6-4-8-18(20)19-9-5-7-11-21(19)22/h4-11,17,22-23H,12-16H2,1-3H3,(H,28,33)(H,31,32). The first-order chi connectivity index (χ1) is 16.1. The molecule has 1 saturated heterocycles. The van der Waals surface area contributed by atoms with Crippen molar-refractivity contribution < 1.29 is 24.2 Å². The van der Waals surface area contributed by atoms with Crippen molar-refractivity contribution in [1.82, 2.24) is 10.2 Å². The predicted molar refractivity (Wildman–Crippen MR) is 128 cm³/mol. The van der Waals surface area contributed by atoms with E-state index in [0.29, 0.717) is 6.42 Å². The molecular weight excluding hydrogens is 432 g/mol. The van der Waals surface area contributed by atoms with Crippen molar-refractivity contribution in [2.75, 3.05) is 19.7 Å². The number of carbonyl (C=O) groups excluding carboxylic acids is 2. The van der Waals surface area contributed by atoms with Gasteiger partial charge >= 0.3 is 12.1 Å². The number of fused-ring (bicyclic) bond motifs is 3. The van der Waals surface area contributed by atoms with E-state index in [9.17, 15) is 14.4 Å². The van der Waals surface area contributed by atoms with Crippen LogP contribution in [0.25, 0.3) is 11.1 Å². The lowest BCUT2D eigenvalue weighted by atomic mass is 9.88. The third-order valence-corrected chi connectivity index (χ3v) is 6.66. The molecule has 2 aromatic carbocycles. The van der Waals surface area contributed by atoms with E-state index >= 15 is 0 Å². The lowest BCUT2D eigenvalue weighted by Gasteiger charge is -2.39. The molecule has 0 aromatic heterocycles. The smallest absolute Gasteiger partial charge is 0.407 e. The normalized spacial score (nSPS) is 16.3. The topological polar surface area (TPSA) is 95.9 Å². The Morgan fingerprint density at radius 1 is 1.03 bits per heavy atom. The maximum atomic E-state index is 13.0. The number of rotatable bonds is 7. The molecule has 34 heavy (non-hydrogen) atoms. The summed E-state index contributed by atoms with van der Waals surface area (Å²) in [6, 6.07) is 15.5. The largest absolute Gasteiger partial charge is 0.481 e. The number of hydrogen-bond donors (Lipinski definition) is 2. The lowest BCUT2D eigenvalue weighted by molar-refractivity contribution is -0.153. The van der Waals surface area contributed by atoms with Gasteiger partial charge in [0.2, 0.25) is 5.91 Å². The van der Waals surface area contributed by atoms with Gasteiger partial charge in [0, 0.05) is 19.0 Å². The van der Waals surface area contributed by atoms with Crippen molar-refractivity contribution in [3.8, 4) is 11.1 Å². The summed E-state index contributed by atoms with van der Waals surface area (Å²) in [6.07, 6.45) is 0.550. The number of aliphatic carboxylic acids is 1. The van der Waals surface area contributed by atoms with Gasteiger partial charge in [-0.15, -0.1) is 0 Å². The Morgan fingerprint density at radius 2 is 1.59 bits per heavy atom. The van der Waals surface area contributed by atoms with Crippen molar-refractivity contribution in [3.63, 3.8) is 0 Å². The third-order valence-electron chi connectivity index (χ3n) is 6.66. The SMILES string of the molecule is CC(C)(C)CCC(NC(=O)OCC1c2ccccc2-c2ccccc21)C(=O)N1CC(C(=O)O)C1. The summed E-state index contributed by atoms with van der Waals surface area (Å²) in [5, 5.41) is 11.9. The van der Waals surface area contributed by atoms with Crippen molar-refractivity contribution >= 4 is 18.0 Å². The van der Waals surface area contributed by atoms with Crippen LogP contribution in [0, 0.1) is 11.3 Å². The summed E-state index contributed by atoms with van der Waals surface area (Å²) in [7, 11) is 0. The number of carboxylic acid groups (broad SMARTS) is 1. The first-order valence-corrected chi connectivity index (χ1v) is 11.8. The van der Waals surface area contributed by atoms with Gasteiger partial charge < -0.3 is 20.1 Å². The molecule has 2 N–H and O–H groups in total. The Bertz CT molecular complexity index is 1040. The summed E-state index contributed by atoms with van der Waals surface area (Å²) in [6.45, 7) is 6.74. The number of carboxylic acids is 1. The molecule has 2 aromatic rings. The second kappa shape index (κ2) is 9.49. The van der Waals surface area contributed by atoms with Crippen molar-refractivity contribution in [1.29, 1.82) is 0 Å². The molecular formula is C27H32N2O5. The van der Waals surface area contributed by atoms with Crippen LogP contribution >= 0.6 is 0 Å². The minimum Gasteiger partial charge on any atom is -0.481 e. The molecule has 1 atom stereocenters. The molecule has 1 aliphatic carbocycles. The highest BCUT2D eigenvalue weighted by Gasteiger charge is 2.39. The van der Waals surface area contributed by atoms with Crippen molar-refractivity contribution in [3.05, 3.63) is 59.7 Å². The van der Waals surface area contributed by atoms with Crippen molar-refractivity contribution in [2.24, 2.45) is 11.3 Å². The molecule has 2 amide bonds. The number of carbonyl (C=O) groups is 3. The Labute approximate surface area is 200 Å². The molecule has 0 bridgehead atoms. The minimum absolute atomic E-state index is 0.0140. The van der Waals surface area contributed by atoms with E-state index in [0.717, 1.165) is 28.7 Å². The van der Waals surface area contributed by atoms with Crippen LogP contribution in [0.15, 0.2) is 48.5 Å². The number of likely N-dealkylation sites (tertiary alicyclic amines) is 1. The average molecular weight is 465 g/mol. The van der Waals surface area contributed by atoms with Gasteiger partial charge in [0.05, 0.1) is 5.92 Å². The maximum absolute atomic E-state index is 13.0. The number of nitrogens with zero attached hydrogens (tertiary/aromatic N) is 1.